The van der Waals surface area contributed by atoms with Crippen molar-refractivity contribution in [2.75, 3.05) is 13.3 Å². The highest BCUT2D eigenvalue weighted by Crippen LogP contribution is 2.32. The number of ether oxygens (including phenoxy) is 2. The van der Waals surface area contributed by atoms with E-state index in [1.54, 1.807) is 6.07 Å². The van der Waals surface area contributed by atoms with E-state index in [2.05, 4.69) is 10.0 Å². The second-order valence-corrected chi connectivity index (χ2v) is 7.91. The summed E-state index contributed by atoms with van der Waals surface area (Å²) in [6, 6.07) is 11.3. The molecular weight excluding hydrogens is 368 g/mol. The fourth-order valence-electron chi connectivity index (χ4n) is 2.59. The van der Waals surface area contributed by atoms with Gasteiger partial charge in [-0.2, -0.15) is 0 Å². The number of nitrogens with one attached hydrogen (secondary N) is 2. The monoisotopic (exact) mass is 390 g/mol. The Labute approximate surface area is 158 Å². The van der Waals surface area contributed by atoms with Gasteiger partial charge in [-0.1, -0.05) is 19.4 Å². The number of unbranched alkanes of at least 4 members (excludes halogenated alkanes) is 1. The molecule has 0 aliphatic carbocycles. The van der Waals surface area contributed by atoms with Crippen LogP contribution in [0.2, 0.25) is 0 Å². The highest BCUT2D eigenvalue weighted by atomic mass is 32.2. The lowest BCUT2D eigenvalue weighted by molar-refractivity contribution is 0.0950. The van der Waals surface area contributed by atoms with Crippen LogP contribution in [0, 0.1) is 0 Å². The number of fused-ring (bicyclic) bond motifs is 1. The zero-order valence-corrected chi connectivity index (χ0v) is 15.8. The molecule has 27 heavy (non-hydrogen) atoms. The summed E-state index contributed by atoms with van der Waals surface area (Å²) in [5, 5.41) is 2.81. The summed E-state index contributed by atoms with van der Waals surface area (Å²) in [6.45, 7) is 2.92. The molecule has 0 radical (unpaired) electrons. The van der Waals surface area contributed by atoms with E-state index in [0.29, 0.717) is 30.2 Å². The van der Waals surface area contributed by atoms with Gasteiger partial charge in [0.1, 0.15) is 0 Å². The maximum Gasteiger partial charge on any atom is 0.251 e. The summed E-state index contributed by atoms with van der Waals surface area (Å²) >= 11 is 0. The summed E-state index contributed by atoms with van der Waals surface area (Å²) in [4.78, 5) is 12.4. The molecule has 144 valence electrons. The lowest BCUT2D eigenvalue weighted by atomic mass is 10.2. The largest absolute Gasteiger partial charge is 0.454 e. The van der Waals surface area contributed by atoms with E-state index in [1.165, 1.54) is 24.3 Å². The van der Waals surface area contributed by atoms with Crippen LogP contribution in [0.4, 0.5) is 0 Å². The van der Waals surface area contributed by atoms with Crippen molar-refractivity contribution in [1.82, 2.24) is 10.0 Å². The number of carbonyl (C=O) groups excluding carboxylic acids is 1. The van der Waals surface area contributed by atoms with E-state index >= 15 is 0 Å². The van der Waals surface area contributed by atoms with E-state index in [0.717, 1.165) is 18.4 Å². The molecule has 1 heterocycles. The van der Waals surface area contributed by atoms with Crippen LogP contribution >= 0.6 is 0 Å². The van der Waals surface area contributed by atoms with Gasteiger partial charge in [0, 0.05) is 18.7 Å². The summed E-state index contributed by atoms with van der Waals surface area (Å²) in [6.07, 6.45) is 1.69. The summed E-state index contributed by atoms with van der Waals surface area (Å²) in [5.74, 6) is 1.07. The lowest BCUT2D eigenvalue weighted by Crippen LogP contribution is -2.25. The van der Waals surface area contributed by atoms with Crippen LogP contribution in [-0.4, -0.2) is 27.7 Å². The van der Waals surface area contributed by atoms with Crippen molar-refractivity contribution in [1.29, 1.82) is 0 Å². The molecule has 2 aromatic carbocycles. The van der Waals surface area contributed by atoms with Crippen molar-refractivity contribution in [3.05, 3.63) is 53.6 Å². The van der Waals surface area contributed by atoms with Gasteiger partial charge < -0.3 is 14.8 Å². The van der Waals surface area contributed by atoms with Crippen LogP contribution in [0.25, 0.3) is 0 Å². The molecule has 0 fully saturated rings. The Morgan fingerprint density at radius 3 is 2.56 bits per heavy atom. The second kappa shape index (κ2) is 8.41. The molecule has 3 rings (SSSR count). The Kier molecular flexibility index (Phi) is 5.98. The van der Waals surface area contributed by atoms with Gasteiger partial charge in [0.25, 0.3) is 5.91 Å². The Morgan fingerprint density at radius 1 is 1.07 bits per heavy atom. The van der Waals surface area contributed by atoms with Gasteiger partial charge >= 0.3 is 0 Å². The molecule has 0 bridgehead atoms. The maximum atomic E-state index is 12.3. The molecule has 1 amide bonds. The first-order valence-electron chi connectivity index (χ1n) is 8.76. The Bertz CT molecular complexity index is 910. The van der Waals surface area contributed by atoms with Gasteiger partial charge in [-0.15, -0.1) is 0 Å². The first-order valence-corrected chi connectivity index (χ1v) is 10.2. The van der Waals surface area contributed by atoms with Crippen molar-refractivity contribution in [2.45, 2.75) is 31.2 Å². The molecular formula is C19H22N2O5S. The molecule has 7 nitrogen and oxygen atoms in total. The molecule has 1 aliphatic heterocycles. The highest BCUT2D eigenvalue weighted by molar-refractivity contribution is 7.89. The van der Waals surface area contributed by atoms with Crippen LogP contribution in [0.5, 0.6) is 11.5 Å². The zero-order valence-electron chi connectivity index (χ0n) is 15.0. The topological polar surface area (TPSA) is 93.7 Å². The van der Waals surface area contributed by atoms with Crippen LogP contribution in [-0.2, 0) is 16.6 Å². The smallest absolute Gasteiger partial charge is 0.251 e. The average Bonchev–Trinajstić information content (AvgIpc) is 3.14. The summed E-state index contributed by atoms with van der Waals surface area (Å²) in [5.41, 5.74) is 1.27. The highest BCUT2D eigenvalue weighted by Gasteiger charge is 2.15. The third-order valence-electron chi connectivity index (χ3n) is 4.14. The quantitative estimate of drug-likeness (QED) is 0.675. The first-order chi connectivity index (χ1) is 13.0. The Morgan fingerprint density at radius 2 is 1.81 bits per heavy atom. The second-order valence-electron chi connectivity index (χ2n) is 6.15. The molecule has 0 unspecified atom stereocenters. The number of hydrogen-bond acceptors (Lipinski definition) is 5. The van der Waals surface area contributed by atoms with Crippen molar-refractivity contribution in [2.24, 2.45) is 0 Å². The van der Waals surface area contributed by atoms with Gasteiger partial charge in [-0.3, -0.25) is 4.79 Å². The zero-order chi connectivity index (χ0) is 19.3. The molecule has 2 aromatic rings. The number of sulfonamides is 1. The molecule has 8 heteroatoms. The van der Waals surface area contributed by atoms with Crippen LogP contribution in [0.15, 0.2) is 47.4 Å². The maximum absolute atomic E-state index is 12.3. The third kappa shape index (κ3) is 4.78. The Balaban J connectivity index is 1.59. The number of rotatable bonds is 8. The fraction of sp³-hybridized carbons (Fsp3) is 0.316. The number of hydrogen-bond donors (Lipinski definition) is 2. The molecule has 0 saturated carbocycles. The van der Waals surface area contributed by atoms with Crippen LogP contribution in [0.3, 0.4) is 0 Å². The minimum absolute atomic E-state index is 0.144. The van der Waals surface area contributed by atoms with Crippen molar-refractivity contribution in [3.63, 3.8) is 0 Å². The van der Waals surface area contributed by atoms with Crippen LogP contribution in [0.1, 0.15) is 35.7 Å². The van der Waals surface area contributed by atoms with Gasteiger partial charge in [-0.25, -0.2) is 13.1 Å². The molecule has 0 spiro atoms. The minimum Gasteiger partial charge on any atom is -0.454 e. The number of amides is 1. The van der Waals surface area contributed by atoms with Crippen LogP contribution < -0.4 is 19.5 Å². The third-order valence-corrected chi connectivity index (χ3v) is 5.62. The van der Waals surface area contributed by atoms with Gasteiger partial charge in [0.05, 0.1) is 4.90 Å². The molecule has 2 N–H and O–H groups in total. The molecule has 1 aliphatic rings. The predicted molar refractivity (Wildman–Crippen MR) is 100 cm³/mol. The van der Waals surface area contributed by atoms with E-state index in [9.17, 15) is 13.2 Å². The van der Waals surface area contributed by atoms with Gasteiger partial charge in [-0.05, 0) is 48.4 Å². The summed E-state index contributed by atoms with van der Waals surface area (Å²) in [7, 11) is -3.54. The molecule has 0 aromatic heterocycles. The standard InChI is InChI=1S/C19H22N2O5S/c1-2-3-10-21-27(23,24)16-7-5-15(6-8-16)19(22)20-12-14-4-9-17-18(11-14)26-13-25-17/h4-9,11,21H,2-3,10,12-13H2,1H3,(H,20,22). The Hall–Kier alpha value is -2.58. The number of benzene rings is 2. The van der Waals surface area contributed by atoms with E-state index < -0.39 is 10.0 Å². The number of carbonyl (C=O) groups is 1. The average molecular weight is 390 g/mol. The van der Waals surface area contributed by atoms with Gasteiger partial charge in [0.2, 0.25) is 16.8 Å². The van der Waals surface area contributed by atoms with E-state index in [4.69, 9.17) is 9.47 Å². The van der Waals surface area contributed by atoms with Crippen molar-refractivity contribution < 1.29 is 22.7 Å². The molecule has 0 saturated heterocycles. The fourth-order valence-corrected chi connectivity index (χ4v) is 3.66. The SMILES string of the molecule is CCCCNS(=O)(=O)c1ccc(C(=O)NCc2ccc3c(c2)OCO3)cc1. The minimum atomic E-state index is -3.54. The molecule has 0 atom stereocenters. The van der Waals surface area contributed by atoms with Crippen molar-refractivity contribution >= 4 is 15.9 Å². The first kappa shape index (κ1) is 19.2. The van der Waals surface area contributed by atoms with E-state index in [1.807, 2.05) is 19.1 Å². The summed E-state index contributed by atoms with van der Waals surface area (Å²) < 4.78 is 37.4. The lowest BCUT2D eigenvalue weighted by Gasteiger charge is -2.08. The predicted octanol–water partition coefficient (Wildman–Crippen LogP) is 2.42. The van der Waals surface area contributed by atoms with Gasteiger partial charge in [0.15, 0.2) is 11.5 Å². The van der Waals surface area contributed by atoms with E-state index in [-0.39, 0.29) is 17.6 Å². The van der Waals surface area contributed by atoms with Crippen molar-refractivity contribution in [3.8, 4) is 11.5 Å². The normalized spacial score (nSPS) is 12.8.